The highest BCUT2D eigenvalue weighted by atomic mass is 15.4. The van der Waals surface area contributed by atoms with Crippen LogP contribution in [-0.2, 0) is 5.41 Å². The van der Waals surface area contributed by atoms with E-state index in [2.05, 4.69) is 58.9 Å². The molecule has 0 fully saturated rings. The molecular formula is C20H31N3. The van der Waals surface area contributed by atoms with Crippen LogP contribution in [0.25, 0.3) is 16.5 Å². The summed E-state index contributed by atoms with van der Waals surface area (Å²) in [6.07, 6.45) is 3.01. The first-order chi connectivity index (χ1) is 10.7. The molecule has 2 rings (SSSR count). The SMILES string of the molecule is CCC.CN(N)/C=C(\N)c1c(C(C)(C)C)ccc2ccccc12. The van der Waals surface area contributed by atoms with Gasteiger partial charge in [-0.3, -0.25) is 0 Å². The zero-order valence-corrected chi connectivity index (χ0v) is 15.4. The average Bonchev–Trinajstić information content (AvgIpc) is 2.45. The third-order valence-corrected chi connectivity index (χ3v) is 3.37. The van der Waals surface area contributed by atoms with Gasteiger partial charge in [-0.1, -0.05) is 77.4 Å². The molecule has 2 aromatic rings. The minimum Gasteiger partial charge on any atom is -0.397 e. The van der Waals surface area contributed by atoms with Crippen LogP contribution in [0.2, 0.25) is 0 Å². The number of benzene rings is 2. The van der Waals surface area contributed by atoms with Gasteiger partial charge in [0.15, 0.2) is 0 Å². The van der Waals surface area contributed by atoms with Gasteiger partial charge in [0.2, 0.25) is 0 Å². The number of rotatable bonds is 2. The van der Waals surface area contributed by atoms with E-state index in [1.165, 1.54) is 22.4 Å². The first-order valence-electron chi connectivity index (χ1n) is 8.19. The van der Waals surface area contributed by atoms with Crippen LogP contribution in [0.4, 0.5) is 0 Å². The molecule has 0 aliphatic heterocycles. The topological polar surface area (TPSA) is 55.3 Å². The van der Waals surface area contributed by atoms with Gasteiger partial charge in [0.25, 0.3) is 0 Å². The van der Waals surface area contributed by atoms with Crippen molar-refractivity contribution in [1.82, 2.24) is 5.01 Å². The van der Waals surface area contributed by atoms with Gasteiger partial charge >= 0.3 is 0 Å². The number of hydrogen-bond acceptors (Lipinski definition) is 3. The molecule has 2 aromatic carbocycles. The van der Waals surface area contributed by atoms with Gasteiger partial charge < -0.3 is 10.7 Å². The van der Waals surface area contributed by atoms with Crippen LogP contribution in [0, 0.1) is 0 Å². The predicted octanol–water partition coefficient (Wildman–Crippen LogP) is 4.62. The van der Waals surface area contributed by atoms with Crippen molar-refractivity contribution in [3.05, 3.63) is 53.7 Å². The molecule has 0 bridgehead atoms. The minimum absolute atomic E-state index is 0.0188. The zero-order valence-electron chi connectivity index (χ0n) is 15.4. The van der Waals surface area contributed by atoms with Crippen LogP contribution in [0.15, 0.2) is 42.6 Å². The molecule has 23 heavy (non-hydrogen) atoms. The second-order valence-electron chi connectivity index (χ2n) is 6.92. The van der Waals surface area contributed by atoms with E-state index >= 15 is 0 Å². The molecular weight excluding hydrogens is 282 g/mol. The largest absolute Gasteiger partial charge is 0.397 e. The summed E-state index contributed by atoms with van der Waals surface area (Å²) in [7, 11) is 1.77. The second-order valence-corrected chi connectivity index (χ2v) is 6.92. The maximum atomic E-state index is 6.30. The molecule has 0 radical (unpaired) electrons. The number of nitrogens with zero attached hydrogens (tertiary/aromatic N) is 1. The van der Waals surface area contributed by atoms with Crippen molar-refractivity contribution in [2.24, 2.45) is 11.6 Å². The van der Waals surface area contributed by atoms with Crippen LogP contribution in [0.5, 0.6) is 0 Å². The van der Waals surface area contributed by atoms with Gasteiger partial charge in [-0.15, -0.1) is 0 Å². The first-order valence-corrected chi connectivity index (χ1v) is 8.19. The molecule has 0 aromatic heterocycles. The monoisotopic (exact) mass is 313 g/mol. The maximum Gasteiger partial charge on any atom is 0.0573 e. The van der Waals surface area contributed by atoms with Gasteiger partial charge in [0.1, 0.15) is 0 Å². The zero-order chi connectivity index (χ0) is 17.6. The van der Waals surface area contributed by atoms with Crippen molar-refractivity contribution in [3.8, 4) is 0 Å². The summed E-state index contributed by atoms with van der Waals surface area (Å²) in [5.41, 5.74) is 9.31. The van der Waals surface area contributed by atoms with Gasteiger partial charge in [0.05, 0.1) is 5.70 Å². The van der Waals surface area contributed by atoms with Gasteiger partial charge in [-0.25, -0.2) is 5.84 Å². The minimum atomic E-state index is 0.0188. The Morgan fingerprint density at radius 3 is 2.17 bits per heavy atom. The number of fused-ring (bicyclic) bond motifs is 1. The fourth-order valence-electron chi connectivity index (χ4n) is 2.49. The molecule has 0 aliphatic carbocycles. The lowest BCUT2D eigenvalue weighted by Crippen LogP contribution is -2.22. The summed E-state index contributed by atoms with van der Waals surface area (Å²) in [5, 5.41) is 3.84. The highest BCUT2D eigenvalue weighted by Crippen LogP contribution is 2.34. The fourth-order valence-corrected chi connectivity index (χ4v) is 2.49. The lowest BCUT2D eigenvalue weighted by atomic mass is 9.81. The van der Waals surface area contributed by atoms with Crippen molar-refractivity contribution in [3.63, 3.8) is 0 Å². The Bertz CT molecular complexity index is 664. The molecule has 0 spiro atoms. The fraction of sp³-hybridized carbons (Fsp3) is 0.400. The summed E-state index contributed by atoms with van der Waals surface area (Å²) in [4.78, 5) is 0. The molecule has 0 heterocycles. The highest BCUT2D eigenvalue weighted by molar-refractivity contribution is 5.95. The standard InChI is InChI=1S/C17H23N3.C3H8/c1-17(2,3)14-10-9-12-7-5-6-8-13(12)16(14)15(18)11-20(4)19;1-3-2/h5-11H,18-19H2,1-4H3;3H2,1-2H3/b15-11-;. The Morgan fingerprint density at radius 2 is 1.65 bits per heavy atom. The number of hydrogen-bond donors (Lipinski definition) is 2. The Balaban J connectivity index is 0.000000816. The Kier molecular flexibility index (Phi) is 6.64. The molecule has 126 valence electrons. The molecule has 0 amide bonds. The van der Waals surface area contributed by atoms with E-state index in [4.69, 9.17) is 11.6 Å². The summed E-state index contributed by atoms with van der Waals surface area (Å²) < 4.78 is 0. The summed E-state index contributed by atoms with van der Waals surface area (Å²) in [5.74, 6) is 5.71. The second kappa shape index (κ2) is 8.02. The van der Waals surface area contributed by atoms with Crippen LogP contribution < -0.4 is 11.6 Å². The molecule has 0 saturated carbocycles. The molecule has 0 aliphatic rings. The lowest BCUT2D eigenvalue weighted by Gasteiger charge is -2.25. The van der Waals surface area contributed by atoms with E-state index < -0.39 is 0 Å². The first kappa shape index (κ1) is 19.0. The van der Waals surface area contributed by atoms with Crippen LogP contribution >= 0.6 is 0 Å². The lowest BCUT2D eigenvalue weighted by molar-refractivity contribution is 0.485. The number of hydrazine groups is 1. The van der Waals surface area contributed by atoms with E-state index in [-0.39, 0.29) is 5.41 Å². The van der Waals surface area contributed by atoms with E-state index in [9.17, 15) is 0 Å². The molecule has 0 unspecified atom stereocenters. The van der Waals surface area contributed by atoms with E-state index in [0.717, 1.165) is 10.9 Å². The maximum absolute atomic E-state index is 6.30. The van der Waals surface area contributed by atoms with E-state index in [1.54, 1.807) is 13.2 Å². The summed E-state index contributed by atoms with van der Waals surface area (Å²) >= 11 is 0. The van der Waals surface area contributed by atoms with Crippen LogP contribution in [0.3, 0.4) is 0 Å². The van der Waals surface area contributed by atoms with Crippen molar-refractivity contribution in [2.75, 3.05) is 7.05 Å². The van der Waals surface area contributed by atoms with Gasteiger partial charge in [-0.05, 0) is 21.8 Å². The van der Waals surface area contributed by atoms with E-state index in [1.807, 2.05) is 12.1 Å². The third-order valence-electron chi connectivity index (χ3n) is 3.37. The average molecular weight is 313 g/mol. The molecule has 0 atom stereocenters. The smallest absolute Gasteiger partial charge is 0.0573 e. The van der Waals surface area contributed by atoms with Crippen molar-refractivity contribution in [2.45, 2.75) is 46.5 Å². The van der Waals surface area contributed by atoms with Crippen LogP contribution in [0.1, 0.15) is 52.2 Å². The molecule has 3 heteroatoms. The summed E-state index contributed by atoms with van der Waals surface area (Å²) in [6, 6.07) is 12.6. The Hall–Kier alpha value is -2.00. The Morgan fingerprint density at radius 1 is 1.09 bits per heavy atom. The molecule has 3 nitrogen and oxygen atoms in total. The van der Waals surface area contributed by atoms with Crippen LogP contribution in [-0.4, -0.2) is 12.1 Å². The summed E-state index contributed by atoms with van der Waals surface area (Å²) in [6.45, 7) is 10.8. The van der Waals surface area contributed by atoms with Crippen molar-refractivity contribution in [1.29, 1.82) is 0 Å². The van der Waals surface area contributed by atoms with Crippen molar-refractivity contribution >= 4 is 16.5 Å². The van der Waals surface area contributed by atoms with Crippen molar-refractivity contribution < 1.29 is 0 Å². The highest BCUT2D eigenvalue weighted by Gasteiger charge is 2.20. The normalized spacial score (nSPS) is 11.9. The molecule has 4 N–H and O–H groups in total. The quantitative estimate of drug-likeness (QED) is 0.628. The van der Waals surface area contributed by atoms with Gasteiger partial charge in [-0.2, -0.15) is 0 Å². The number of nitrogens with two attached hydrogens (primary N) is 2. The molecule has 0 saturated heterocycles. The Labute approximate surface area is 140 Å². The predicted molar refractivity (Wildman–Crippen MR) is 103 cm³/mol. The van der Waals surface area contributed by atoms with Gasteiger partial charge in [0, 0.05) is 18.8 Å². The third kappa shape index (κ3) is 5.00. The van der Waals surface area contributed by atoms with E-state index in [0.29, 0.717) is 5.70 Å².